The number of fused-ring (bicyclic) bond motifs is 1. The lowest BCUT2D eigenvalue weighted by atomic mass is 9.98. The normalized spacial score (nSPS) is 16.6. The van der Waals surface area contributed by atoms with Crippen molar-refractivity contribution in [2.24, 2.45) is 0 Å². The number of halogens is 2. The molecule has 2 aliphatic rings. The molecule has 0 unspecified atom stereocenters. The average Bonchev–Trinajstić information content (AvgIpc) is 3.26. The third-order valence-electron chi connectivity index (χ3n) is 5.78. The van der Waals surface area contributed by atoms with Crippen molar-refractivity contribution < 1.29 is 13.5 Å². The predicted octanol–water partition coefficient (Wildman–Crippen LogP) is 4.63. The van der Waals surface area contributed by atoms with Crippen LogP contribution in [0.4, 0.5) is 8.78 Å². The van der Waals surface area contributed by atoms with Crippen LogP contribution >= 0.6 is 0 Å². The average molecular weight is 407 g/mol. The highest BCUT2D eigenvalue weighted by Crippen LogP contribution is 2.34. The highest BCUT2D eigenvalue weighted by atomic mass is 19.1. The number of rotatable bonds is 4. The van der Waals surface area contributed by atoms with E-state index < -0.39 is 0 Å². The van der Waals surface area contributed by atoms with Gasteiger partial charge in [0.15, 0.2) is 0 Å². The number of hydrogen-bond donors (Lipinski definition) is 0. The molecule has 0 aliphatic carbocycles. The number of hydrogen-bond acceptors (Lipinski definition) is 3. The van der Waals surface area contributed by atoms with Gasteiger partial charge in [-0.3, -0.25) is 9.58 Å². The molecule has 154 valence electrons. The summed E-state index contributed by atoms with van der Waals surface area (Å²) in [4.78, 5) is 2.17. The minimum Gasteiger partial charge on any atom is -0.377 e. The summed E-state index contributed by atoms with van der Waals surface area (Å²) in [5, 5.41) is 4.80. The molecule has 0 atom stereocenters. The maximum Gasteiger partial charge on any atom is 0.132 e. The van der Waals surface area contributed by atoms with Crippen molar-refractivity contribution in [3.63, 3.8) is 0 Å². The highest BCUT2D eigenvalue weighted by molar-refractivity contribution is 5.68. The third-order valence-corrected chi connectivity index (χ3v) is 5.78. The molecule has 30 heavy (non-hydrogen) atoms. The summed E-state index contributed by atoms with van der Waals surface area (Å²) < 4.78 is 36.4. The molecule has 0 saturated heterocycles. The van der Waals surface area contributed by atoms with Gasteiger partial charge in [-0.05, 0) is 48.9 Å². The number of ether oxygens (including phenoxy) is 1. The molecule has 0 radical (unpaired) electrons. The van der Waals surface area contributed by atoms with E-state index in [0.717, 1.165) is 41.2 Å². The number of nitrogens with zero attached hydrogens (tertiary/aromatic N) is 3. The van der Waals surface area contributed by atoms with Crippen LogP contribution in [0.3, 0.4) is 0 Å². The highest BCUT2D eigenvalue weighted by Gasteiger charge is 2.27. The first-order valence-electron chi connectivity index (χ1n) is 10.2. The standard InChI is InChI=1S/C24H23F2N3O/c1-28-14-20-23(15-28)27-29(24(20)18-4-2-3-5-21(18)25)13-16-6-7-22(26)19(12-16)17-8-10-30-11-9-17/h2-8,12H,9-11,13-15H2,1H3. The first-order valence-corrected chi connectivity index (χ1v) is 10.2. The summed E-state index contributed by atoms with van der Waals surface area (Å²) in [6, 6.07) is 12.0. The Balaban J connectivity index is 1.56. The van der Waals surface area contributed by atoms with Crippen LogP contribution < -0.4 is 0 Å². The molecular formula is C24H23F2N3O. The molecule has 0 fully saturated rings. The monoisotopic (exact) mass is 407 g/mol. The van der Waals surface area contributed by atoms with Crippen LogP contribution in [0.5, 0.6) is 0 Å². The smallest absolute Gasteiger partial charge is 0.132 e. The Bertz CT molecular complexity index is 1140. The van der Waals surface area contributed by atoms with Gasteiger partial charge in [0.05, 0.1) is 31.1 Å². The van der Waals surface area contributed by atoms with Gasteiger partial charge >= 0.3 is 0 Å². The zero-order valence-electron chi connectivity index (χ0n) is 16.9. The van der Waals surface area contributed by atoms with Crippen LogP contribution in [0.1, 0.15) is 28.8 Å². The van der Waals surface area contributed by atoms with Crippen LogP contribution in [0.15, 0.2) is 48.5 Å². The van der Waals surface area contributed by atoms with Gasteiger partial charge < -0.3 is 4.74 Å². The quantitative estimate of drug-likeness (QED) is 0.632. The van der Waals surface area contributed by atoms with E-state index in [0.29, 0.717) is 37.3 Å². The van der Waals surface area contributed by atoms with Crippen molar-refractivity contribution >= 4 is 5.57 Å². The minimum absolute atomic E-state index is 0.231. The molecule has 3 heterocycles. The Kier molecular flexibility index (Phi) is 4.97. The molecule has 2 aliphatic heterocycles. The summed E-state index contributed by atoms with van der Waals surface area (Å²) in [7, 11) is 2.03. The van der Waals surface area contributed by atoms with Crippen molar-refractivity contribution in [2.75, 3.05) is 20.3 Å². The van der Waals surface area contributed by atoms with Crippen LogP contribution in [-0.2, 0) is 24.4 Å². The summed E-state index contributed by atoms with van der Waals surface area (Å²) >= 11 is 0. The Hall–Kier alpha value is -2.83. The second-order valence-electron chi connectivity index (χ2n) is 7.95. The lowest BCUT2D eigenvalue weighted by Crippen LogP contribution is -2.13. The zero-order valence-corrected chi connectivity index (χ0v) is 16.9. The summed E-state index contributed by atoms with van der Waals surface area (Å²) in [6.45, 7) is 3.05. The van der Waals surface area contributed by atoms with E-state index in [-0.39, 0.29) is 11.6 Å². The lowest BCUT2D eigenvalue weighted by Gasteiger charge is -2.16. The molecule has 0 amide bonds. The van der Waals surface area contributed by atoms with Crippen LogP contribution in [0, 0.1) is 11.6 Å². The Morgan fingerprint density at radius 1 is 1.03 bits per heavy atom. The van der Waals surface area contributed by atoms with E-state index in [1.165, 1.54) is 12.1 Å². The van der Waals surface area contributed by atoms with Gasteiger partial charge in [0.1, 0.15) is 11.6 Å². The zero-order chi connectivity index (χ0) is 20.7. The first kappa shape index (κ1) is 19.2. The molecule has 3 aromatic rings. The fraction of sp³-hybridized carbons (Fsp3) is 0.292. The van der Waals surface area contributed by atoms with Crippen molar-refractivity contribution in [1.82, 2.24) is 14.7 Å². The largest absolute Gasteiger partial charge is 0.377 e. The molecule has 4 nitrogen and oxygen atoms in total. The number of aromatic nitrogens is 2. The van der Waals surface area contributed by atoms with Gasteiger partial charge in [0.2, 0.25) is 0 Å². The van der Waals surface area contributed by atoms with Crippen molar-refractivity contribution in [3.8, 4) is 11.3 Å². The van der Waals surface area contributed by atoms with Gasteiger partial charge in [-0.15, -0.1) is 0 Å². The molecule has 6 heteroatoms. The SMILES string of the molecule is CN1Cc2nn(Cc3ccc(F)c(C4=CCOCC4)c3)c(-c3ccccc3F)c2C1. The van der Waals surface area contributed by atoms with E-state index in [2.05, 4.69) is 4.90 Å². The Labute approximate surface area is 174 Å². The van der Waals surface area contributed by atoms with Crippen molar-refractivity contribution in [2.45, 2.75) is 26.1 Å². The maximum atomic E-state index is 14.7. The van der Waals surface area contributed by atoms with E-state index in [4.69, 9.17) is 9.84 Å². The Morgan fingerprint density at radius 3 is 2.67 bits per heavy atom. The Morgan fingerprint density at radius 2 is 1.87 bits per heavy atom. The first-order chi connectivity index (χ1) is 14.6. The fourth-order valence-corrected chi connectivity index (χ4v) is 4.35. The van der Waals surface area contributed by atoms with Gasteiger partial charge in [-0.2, -0.15) is 5.10 Å². The minimum atomic E-state index is -0.261. The lowest BCUT2D eigenvalue weighted by molar-refractivity contribution is 0.161. The molecule has 0 N–H and O–H groups in total. The van der Waals surface area contributed by atoms with Gasteiger partial charge in [0, 0.05) is 29.8 Å². The second kappa shape index (κ2) is 7.78. The van der Waals surface area contributed by atoms with Crippen LogP contribution in [0.2, 0.25) is 0 Å². The molecule has 0 spiro atoms. The van der Waals surface area contributed by atoms with Gasteiger partial charge in [0.25, 0.3) is 0 Å². The van der Waals surface area contributed by atoms with E-state index in [1.54, 1.807) is 18.2 Å². The van der Waals surface area contributed by atoms with Gasteiger partial charge in [-0.1, -0.05) is 24.3 Å². The maximum absolute atomic E-state index is 14.7. The van der Waals surface area contributed by atoms with Gasteiger partial charge in [-0.25, -0.2) is 8.78 Å². The summed E-state index contributed by atoms with van der Waals surface area (Å²) in [6.07, 6.45) is 2.64. The summed E-state index contributed by atoms with van der Waals surface area (Å²) in [5.41, 5.74) is 5.93. The van der Waals surface area contributed by atoms with E-state index in [9.17, 15) is 8.78 Å². The van der Waals surface area contributed by atoms with Crippen molar-refractivity contribution in [1.29, 1.82) is 0 Å². The second-order valence-corrected chi connectivity index (χ2v) is 7.95. The molecular weight excluding hydrogens is 384 g/mol. The molecule has 5 rings (SSSR count). The van der Waals surface area contributed by atoms with E-state index >= 15 is 0 Å². The predicted molar refractivity (Wildman–Crippen MR) is 112 cm³/mol. The third kappa shape index (κ3) is 3.46. The van der Waals surface area contributed by atoms with Crippen LogP contribution in [0.25, 0.3) is 16.8 Å². The fourth-order valence-electron chi connectivity index (χ4n) is 4.35. The van der Waals surface area contributed by atoms with E-state index in [1.807, 2.05) is 29.9 Å². The topological polar surface area (TPSA) is 30.3 Å². The van der Waals surface area contributed by atoms with Crippen molar-refractivity contribution in [3.05, 3.63) is 82.6 Å². The molecule has 2 aromatic carbocycles. The molecule has 0 bridgehead atoms. The number of benzene rings is 2. The molecule has 1 aromatic heterocycles. The van der Waals surface area contributed by atoms with Crippen LogP contribution in [-0.4, -0.2) is 34.9 Å². The molecule has 0 saturated carbocycles. The summed E-state index contributed by atoms with van der Waals surface area (Å²) in [5.74, 6) is -0.492.